The van der Waals surface area contributed by atoms with Gasteiger partial charge < -0.3 is 19.5 Å². The third-order valence-electron chi connectivity index (χ3n) is 5.95. The van der Waals surface area contributed by atoms with Crippen molar-refractivity contribution < 1.29 is 14.1 Å². The van der Waals surface area contributed by atoms with Crippen LogP contribution < -0.4 is 10.1 Å². The molecule has 0 saturated heterocycles. The highest BCUT2D eigenvalue weighted by molar-refractivity contribution is 5.92. The van der Waals surface area contributed by atoms with E-state index in [2.05, 4.69) is 49.4 Å². The highest BCUT2D eigenvalue weighted by Crippen LogP contribution is 2.27. The van der Waals surface area contributed by atoms with E-state index in [1.165, 1.54) is 0 Å². The molecule has 0 unspecified atom stereocenters. The number of aryl methyl sites for hydroxylation is 1. The molecule has 0 spiro atoms. The van der Waals surface area contributed by atoms with E-state index in [1.54, 1.807) is 6.07 Å². The van der Waals surface area contributed by atoms with Crippen LogP contribution >= 0.6 is 0 Å². The molecular weight excluding hydrogens is 414 g/mol. The molecule has 1 N–H and O–H groups in total. The Labute approximate surface area is 195 Å². The minimum absolute atomic E-state index is 0.108. The number of para-hydroxylation sites is 2. The number of ether oxygens (including phenoxy) is 1. The maximum atomic E-state index is 13.7. The molecule has 0 radical (unpaired) electrons. The maximum Gasteiger partial charge on any atom is 0.276 e. The summed E-state index contributed by atoms with van der Waals surface area (Å²) in [5.74, 6) is 1.86. The molecule has 174 valence electrons. The quantitative estimate of drug-likeness (QED) is 0.544. The summed E-state index contributed by atoms with van der Waals surface area (Å²) in [6.45, 7) is 7.96. The number of hydrogen-bond donors (Lipinski definition) is 1. The zero-order chi connectivity index (χ0) is 23.2. The fraction of sp³-hybridized carbons (Fsp3) is 0.407. The van der Waals surface area contributed by atoms with Crippen molar-refractivity contribution in [1.82, 2.24) is 10.1 Å². The molecule has 1 amide bonds. The lowest BCUT2D eigenvalue weighted by Crippen LogP contribution is -2.44. The summed E-state index contributed by atoms with van der Waals surface area (Å²) in [5.41, 5.74) is 3.53. The third-order valence-corrected chi connectivity index (χ3v) is 5.95. The number of anilines is 1. The van der Waals surface area contributed by atoms with Gasteiger partial charge in [-0.05, 0) is 36.5 Å². The average molecular weight is 448 g/mol. The van der Waals surface area contributed by atoms with Gasteiger partial charge in [-0.3, -0.25) is 4.79 Å². The van der Waals surface area contributed by atoms with E-state index in [0.717, 1.165) is 47.6 Å². The predicted octanol–water partition coefficient (Wildman–Crippen LogP) is 5.69. The minimum atomic E-state index is -0.127. The number of benzene rings is 2. The molecule has 1 aliphatic rings. The highest BCUT2D eigenvalue weighted by atomic mass is 16.5. The van der Waals surface area contributed by atoms with E-state index < -0.39 is 0 Å². The molecule has 1 atom stereocenters. The van der Waals surface area contributed by atoms with Crippen LogP contribution in [-0.2, 0) is 19.5 Å². The zero-order valence-corrected chi connectivity index (χ0v) is 19.7. The van der Waals surface area contributed by atoms with Crippen molar-refractivity contribution >= 4 is 11.6 Å². The summed E-state index contributed by atoms with van der Waals surface area (Å²) in [6.07, 6.45) is 2.53. The van der Waals surface area contributed by atoms with E-state index in [1.807, 2.05) is 35.2 Å². The normalized spacial score (nSPS) is 16.2. The van der Waals surface area contributed by atoms with Gasteiger partial charge in [0, 0.05) is 36.8 Å². The molecule has 3 aromatic rings. The van der Waals surface area contributed by atoms with Gasteiger partial charge in [-0.25, -0.2) is 0 Å². The van der Waals surface area contributed by atoms with E-state index in [-0.39, 0.29) is 11.9 Å². The largest absolute Gasteiger partial charge is 0.491 e. The number of carbonyl (C=O) groups excluding carboxylic acids is 1. The van der Waals surface area contributed by atoms with E-state index in [9.17, 15) is 4.79 Å². The second kappa shape index (κ2) is 10.6. The third kappa shape index (κ3) is 5.56. The number of nitrogens with one attached hydrogen (secondary N) is 1. The molecule has 0 saturated carbocycles. The Balaban J connectivity index is 1.74. The maximum absolute atomic E-state index is 13.7. The Bertz CT molecular complexity index is 1080. The van der Waals surface area contributed by atoms with Crippen LogP contribution in [0.2, 0.25) is 0 Å². The van der Waals surface area contributed by atoms with Gasteiger partial charge in [-0.15, -0.1) is 0 Å². The molecule has 0 fully saturated rings. The molecule has 4 rings (SSSR count). The van der Waals surface area contributed by atoms with Crippen LogP contribution in [0.1, 0.15) is 61.0 Å². The first-order valence-corrected chi connectivity index (χ1v) is 11.8. The van der Waals surface area contributed by atoms with Crippen LogP contribution in [0.3, 0.4) is 0 Å². The van der Waals surface area contributed by atoms with Crippen LogP contribution in [0.25, 0.3) is 0 Å². The van der Waals surface area contributed by atoms with E-state index >= 15 is 0 Å². The molecule has 2 aromatic carbocycles. The number of fused-ring (bicyclic) bond motifs is 2. The number of carbonyl (C=O) groups is 1. The van der Waals surface area contributed by atoms with Gasteiger partial charge in [0.15, 0.2) is 5.69 Å². The molecule has 6 nitrogen and oxygen atoms in total. The van der Waals surface area contributed by atoms with Gasteiger partial charge in [0.2, 0.25) is 0 Å². The number of rotatable bonds is 5. The van der Waals surface area contributed by atoms with Crippen LogP contribution in [0.5, 0.6) is 5.75 Å². The first kappa shape index (κ1) is 22.9. The summed E-state index contributed by atoms with van der Waals surface area (Å²) >= 11 is 0. The van der Waals surface area contributed by atoms with Crippen molar-refractivity contribution in [2.45, 2.75) is 59.2 Å². The Hall–Kier alpha value is -3.28. The second-order valence-electron chi connectivity index (χ2n) is 9.07. The highest BCUT2D eigenvalue weighted by Gasteiger charge is 2.30. The summed E-state index contributed by atoms with van der Waals surface area (Å²) < 4.78 is 11.7. The summed E-state index contributed by atoms with van der Waals surface area (Å²) in [4.78, 5) is 15.6. The van der Waals surface area contributed by atoms with Crippen LogP contribution in [-0.4, -0.2) is 28.6 Å². The predicted molar refractivity (Wildman–Crippen MR) is 129 cm³/mol. The number of nitrogens with zero attached hydrogens (tertiary/aromatic N) is 2. The number of hydrogen-bond acceptors (Lipinski definition) is 5. The average Bonchev–Trinajstić information content (AvgIpc) is 3.27. The van der Waals surface area contributed by atoms with Gasteiger partial charge in [0.05, 0.1) is 6.04 Å². The lowest BCUT2D eigenvalue weighted by atomic mass is 10.0. The SMILES string of the molecule is CCCc1cc(C(=O)N2Cc3ccccc3NCc3ccccc3OC[C@@H]2CC(C)C)no1. The Morgan fingerprint density at radius 3 is 2.70 bits per heavy atom. The Morgan fingerprint density at radius 1 is 1.15 bits per heavy atom. The van der Waals surface area contributed by atoms with Crippen molar-refractivity contribution in [3.05, 3.63) is 77.2 Å². The summed E-state index contributed by atoms with van der Waals surface area (Å²) in [6, 6.07) is 17.9. The number of aromatic nitrogens is 1. The standard InChI is InChI=1S/C27H33N3O3/c1-4-9-23-15-25(29-33-23)27(31)30-17-21-11-5-7-12-24(21)28-16-20-10-6-8-13-26(20)32-18-22(30)14-19(2)3/h5-8,10-13,15,19,22,28H,4,9,14,16-18H2,1-3H3/t22-/m0/s1. The summed E-state index contributed by atoms with van der Waals surface area (Å²) in [5, 5.41) is 7.65. The van der Waals surface area contributed by atoms with Gasteiger partial charge in [0.25, 0.3) is 5.91 Å². The first-order chi connectivity index (χ1) is 16.0. The molecule has 33 heavy (non-hydrogen) atoms. The smallest absolute Gasteiger partial charge is 0.276 e. The van der Waals surface area contributed by atoms with Crippen molar-refractivity contribution in [2.24, 2.45) is 5.92 Å². The summed E-state index contributed by atoms with van der Waals surface area (Å²) in [7, 11) is 0. The lowest BCUT2D eigenvalue weighted by Gasteiger charge is -2.33. The molecular formula is C27H33N3O3. The van der Waals surface area contributed by atoms with Crippen LogP contribution in [0, 0.1) is 5.92 Å². The van der Waals surface area contributed by atoms with Gasteiger partial charge in [-0.2, -0.15) is 0 Å². The fourth-order valence-electron chi connectivity index (χ4n) is 4.30. The minimum Gasteiger partial charge on any atom is -0.491 e. The Morgan fingerprint density at radius 2 is 1.91 bits per heavy atom. The number of amides is 1. The lowest BCUT2D eigenvalue weighted by molar-refractivity contribution is 0.0547. The van der Waals surface area contributed by atoms with Crippen molar-refractivity contribution in [1.29, 1.82) is 0 Å². The van der Waals surface area contributed by atoms with Crippen molar-refractivity contribution in [3.8, 4) is 5.75 Å². The first-order valence-electron chi connectivity index (χ1n) is 11.8. The monoisotopic (exact) mass is 447 g/mol. The molecule has 0 bridgehead atoms. The topological polar surface area (TPSA) is 67.6 Å². The van der Waals surface area contributed by atoms with Gasteiger partial charge in [0.1, 0.15) is 18.1 Å². The Kier molecular flexibility index (Phi) is 7.33. The molecule has 1 aliphatic heterocycles. The van der Waals surface area contributed by atoms with E-state index in [4.69, 9.17) is 9.26 Å². The fourth-order valence-corrected chi connectivity index (χ4v) is 4.30. The zero-order valence-electron chi connectivity index (χ0n) is 19.7. The van der Waals surface area contributed by atoms with Gasteiger partial charge >= 0.3 is 0 Å². The van der Waals surface area contributed by atoms with Crippen LogP contribution in [0.4, 0.5) is 5.69 Å². The molecule has 6 heteroatoms. The van der Waals surface area contributed by atoms with Crippen LogP contribution in [0.15, 0.2) is 59.1 Å². The molecule has 1 aromatic heterocycles. The van der Waals surface area contributed by atoms with Crippen molar-refractivity contribution in [3.63, 3.8) is 0 Å². The molecule has 2 heterocycles. The second-order valence-corrected chi connectivity index (χ2v) is 9.07. The molecule has 0 aliphatic carbocycles. The van der Waals surface area contributed by atoms with E-state index in [0.29, 0.717) is 31.3 Å². The van der Waals surface area contributed by atoms with Crippen molar-refractivity contribution in [2.75, 3.05) is 11.9 Å². The van der Waals surface area contributed by atoms with Gasteiger partial charge in [-0.1, -0.05) is 62.3 Å².